The van der Waals surface area contributed by atoms with Crippen LogP contribution in [0.1, 0.15) is 30.6 Å². The van der Waals surface area contributed by atoms with Crippen LogP contribution in [0.25, 0.3) is 0 Å². The van der Waals surface area contributed by atoms with Gasteiger partial charge in [-0.25, -0.2) is 0 Å². The number of rotatable bonds is 6. The van der Waals surface area contributed by atoms with Crippen molar-refractivity contribution in [2.24, 2.45) is 12.8 Å². The van der Waals surface area contributed by atoms with E-state index in [1.54, 1.807) is 4.68 Å². The van der Waals surface area contributed by atoms with Crippen LogP contribution in [0.15, 0.2) is 42.7 Å². The van der Waals surface area contributed by atoms with Crippen molar-refractivity contribution in [2.75, 3.05) is 0 Å². The minimum Gasteiger partial charge on any atom is -0.367 e. The maximum atomic E-state index is 6.16. The summed E-state index contributed by atoms with van der Waals surface area (Å²) in [6, 6.07) is 10.1. The van der Waals surface area contributed by atoms with Crippen LogP contribution < -0.4 is 5.73 Å². The van der Waals surface area contributed by atoms with E-state index in [4.69, 9.17) is 10.5 Å². The Hall–Kier alpha value is -1.65. The number of benzene rings is 1. The monoisotopic (exact) mass is 259 g/mol. The van der Waals surface area contributed by atoms with Crippen molar-refractivity contribution >= 4 is 0 Å². The summed E-state index contributed by atoms with van der Waals surface area (Å²) in [6.07, 6.45) is 4.55. The van der Waals surface area contributed by atoms with Gasteiger partial charge >= 0.3 is 0 Å². The third-order valence-electron chi connectivity index (χ3n) is 3.19. The molecule has 2 atom stereocenters. The van der Waals surface area contributed by atoms with E-state index in [1.165, 1.54) is 0 Å². The molecule has 1 aromatic carbocycles. The molecule has 2 aromatic rings. The molecule has 4 heteroatoms. The summed E-state index contributed by atoms with van der Waals surface area (Å²) in [5.41, 5.74) is 8.35. The van der Waals surface area contributed by atoms with Gasteiger partial charge in [-0.05, 0) is 12.0 Å². The Labute approximate surface area is 114 Å². The van der Waals surface area contributed by atoms with Gasteiger partial charge in [-0.1, -0.05) is 37.3 Å². The van der Waals surface area contributed by atoms with Crippen LogP contribution in [0.4, 0.5) is 0 Å². The predicted molar refractivity (Wildman–Crippen MR) is 75.4 cm³/mol. The molecule has 2 N–H and O–H groups in total. The van der Waals surface area contributed by atoms with Crippen molar-refractivity contribution in [1.29, 1.82) is 0 Å². The first-order valence-corrected chi connectivity index (χ1v) is 6.60. The summed E-state index contributed by atoms with van der Waals surface area (Å²) in [6.45, 7) is 2.63. The van der Waals surface area contributed by atoms with E-state index in [0.717, 1.165) is 17.5 Å². The Kier molecular flexibility index (Phi) is 4.71. The summed E-state index contributed by atoms with van der Waals surface area (Å²) < 4.78 is 7.78. The number of aryl methyl sites for hydroxylation is 1. The quantitative estimate of drug-likeness (QED) is 0.866. The zero-order chi connectivity index (χ0) is 13.7. The lowest BCUT2D eigenvalue weighted by Crippen LogP contribution is -2.29. The van der Waals surface area contributed by atoms with E-state index in [-0.39, 0.29) is 12.1 Å². The van der Waals surface area contributed by atoms with Gasteiger partial charge in [0.15, 0.2) is 0 Å². The molecule has 0 fully saturated rings. The van der Waals surface area contributed by atoms with Crippen LogP contribution in [0.2, 0.25) is 0 Å². The Morgan fingerprint density at radius 3 is 2.63 bits per heavy atom. The lowest BCUT2D eigenvalue weighted by molar-refractivity contribution is 0.0212. The van der Waals surface area contributed by atoms with Crippen molar-refractivity contribution in [3.63, 3.8) is 0 Å². The third kappa shape index (κ3) is 3.66. The first-order chi connectivity index (χ1) is 9.20. The van der Waals surface area contributed by atoms with Crippen LogP contribution in [0.3, 0.4) is 0 Å². The molecule has 19 heavy (non-hydrogen) atoms. The molecule has 0 radical (unpaired) electrons. The fourth-order valence-corrected chi connectivity index (χ4v) is 2.03. The van der Waals surface area contributed by atoms with Gasteiger partial charge in [0.2, 0.25) is 0 Å². The van der Waals surface area contributed by atoms with Gasteiger partial charge in [-0.3, -0.25) is 4.68 Å². The van der Waals surface area contributed by atoms with E-state index >= 15 is 0 Å². The first-order valence-electron chi connectivity index (χ1n) is 6.60. The highest BCUT2D eigenvalue weighted by molar-refractivity contribution is 5.15. The van der Waals surface area contributed by atoms with Crippen LogP contribution in [-0.2, 0) is 18.4 Å². The van der Waals surface area contributed by atoms with Crippen LogP contribution in [0, 0.1) is 0 Å². The fraction of sp³-hybridized carbons (Fsp3) is 0.400. The summed E-state index contributed by atoms with van der Waals surface area (Å²) in [5, 5.41) is 4.19. The maximum absolute atomic E-state index is 6.16. The molecular weight excluding hydrogens is 238 g/mol. The van der Waals surface area contributed by atoms with E-state index in [0.29, 0.717) is 6.61 Å². The van der Waals surface area contributed by atoms with Gasteiger partial charge in [0.05, 0.1) is 12.8 Å². The Morgan fingerprint density at radius 1 is 1.32 bits per heavy atom. The van der Waals surface area contributed by atoms with Gasteiger partial charge in [0.25, 0.3) is 0 Å². The third-order valence-corrected chi connectivity index (χ3v) is 3.19. The maximum Gasteiger partial charge on any atom is 0.101 e. The van der Waals surface area contributed by atoms with E-state index in [1.807, 2.05) is 37.6 Å². The van der Waals surface area contributed by atoms with Gasteiger partial charge in [-0.2, -0.15) is 5.10 Å². The number of nitrogens with two attached hydrogens (primary N) is 1. The van der Waals surface area contributed by atoms with E-state index in [9.17, 15) is 0 Å². The summed E-state index contributed by atoms with van der Waals surface area (Å²) in [7, 11) is 1.90. The number of nitrogens with zero attached hydrogens (tertiary/aromatic N) is 2. The van der Waals surface area contributed by atoms with Crippen molar-refractivity contribution in [2.45, 2.75) is 32.1 Å². The molecule has 0 spiro atoms. The largest absolute Gasteiger partial charge is 0.367 e. The lowest BCUT2D eigenvalue weighted by atomic mass is 10.0. The lowest BCUT2D eigenvalue weighted by Gasteiger charge is -2.22. The second-order valence-corrected chi connectivity index (χ2v) is 4.74. The molecule has 0 amide bonds. The van der Waals surface area contributed by atoms with Crippen molar-refractivity contribution < 1.29 is 4.74 Å². The average Bonchev–Trinajstić information content (AvgIpc) is 2.86. The Balaban J connectivity index is 2.06. The van der Waals surface area contributed by atoms with Gasteiger partial charge < -0.3 is 10.5 Å². The molecule has 0 saturated heterocycles. The second-order valence-electron chi connectivity index (χ2n) is 4.74. The van der Waals surface area contributed by atoms with Crippen LogP contribution in [0.5, 0.6) is 0 Å². The predicted octanol–water partition coefficient (Wildman–Crippen LogP) is 2.42. The van der Waals surface area contributed by atoms with Crippen molar-refractivity contribution in [3.05, 3.63) is 53.9 Å². The minimum atomic E-state index is -0.112. The second kappa shape index (κ2) is 6.50. The summed E-state index contributed by atoms with van der Waals surface area (Å²) in [4.78, 5) is 0. The van der Waals surface area contributed by atoms with Crippen molar-refractivity contribution in [3.8, 4) is 0 Å². The zero-order valence-electron chi connectivity index (χ0n) is 11.5. The topological polar surface area (TPSA) is 53.1 Å². The molecule has 102 valence electrons. The molecule has 4 nitrogen and oxygen atoms in total. The average molecular weight is 259 g/mol. The Morgan fingerprint density at radius 2 is 2.05 bits per heavy atom. The van der Waals surface area contributed by atoms with Gasteiger partial charge in [0, 0.05) is 24.8 Å². The van der Waals surface area contributed by atoms with Gasteiger partial charge in [0.1, 0.15) is 6.10 Å². The van der Waals surface area contributed by atoms with E-state index < -0.39 is 0 Å². The molecule has 0 saturated carbocycles. The molecule has 0 aliphatic carbocycles. The van der Waals surface area contributed by atoms with Crippen LogP contribution >= 0.6 is 0 Å². The highest BCUT2D eigenvalue weighted by Gasteiger charge is 2.20. The highest BCUT2D eigenvalue weighted by Crippen LogP contribution is 2.23. The number of aromatic nitrogens is 2. The molecule has 2 unspecified atom stereocenters. The van der Waals surface area contributed by atoms with Crippen LogP contribution in [-0.4, -0.2) is 15.8 Å². The summed E-state index contributed by atoms with van der Waals surface area (Å²) in [5.74, 6) is 0. The highest BCUT2D eigenvalue weighted by atomic mass is 16.5. The molecule has 1 aromatic heterocycles. The molecule has 1 heterocycles. The number of hydrogen-bond acceptors (Lipinski definition) is 3. The van der Waals surface area contributed by atoms with E-state index in [2.05, 4.69) is 24.2 Å². The number of ether oxygens (including phenoxy) is 1. The first kappa shape index (κ1) is 13.8. The minimum absolute atomic E-state index is 0.0205. The summed E-state index contributed by atoms with van der Waals surface area (Å²) >= 11 is 0. The molecule has 0 bridgehead atoms. The standard InChI is InChI=1S/C15H21N3O/c1-3-14(16)15(13-9-17-18(2)10-13)19-11-12-7-5-4-6-8-12/h4-10,14-15H,3,11,16H2,1-2H3. The molecule has 0 aliphatic rings. The zero-order valence-corrected chi connectivity index (χ0v) is 11.5. The SMILES string of the molecule is CCC(N)C(OCc1ccccc1)c1cnn(C)c1. The smallest absolute Gasteiger partial charge is 0.101 e. The van der Waals surface area contributed by atoms with Gasteiger partial charge in [-0.15, -0.1) is 0 Å². The Bertz CT molecular complexity index is 495. The molecule has 0 aliphatic heterocycles. The molecular formula is C15H21N3O. The number of hydrogen-bond donors (Lipinski definition) is 1. The molecule has 2 rings (SSSR count). The normalized spacial score (nSPS) is 14.3. The van der Waals surface area contributed by atoms with Crippen molar-refractivity contribution in [1.82, 2.24) is 9.78 Å². The fourth-order valence-electron chi connectivity index (χ4n) is 2.03.